The molecule has 0 saturated carbocycles. The first kappa shape index (κ1) is 30.3. The van der Waals surface area contributed by atoms with E-state index in [-0.39, 0.29) is 37.6 Å². The van der Waals surface area contributed by atoms with E-state index in [4.69, 9.17) is 5.73 Å². The van der Waals surface area contributed by atoms with E-state index < -0.39 is 83.2 Å². The number of likely N-dealkylation sites (N-methyl/N-ethyl adjacent to an activating group) is 1. The fraction of sp³-hybridized carbons (Fsp3) is 0.440. The molecule has 1 heterocycles. The average Bonchev–Trinajstić information content (AvgIpc) is 2.95. The van der Waals surface area contributed by atoms with Crippen LogP contribution in [0.3, 0.4) is 0 Å². The van der Waals surface area contributed by atoms with Gasteiger partial charge in [-0.1, -0.05) is 0 Å². The Balaban J connectivity index is 1.89. The quantitative estimate of drug-likeness (QED) is 0.405. The number of rotatable bonds is 6. The number of nitrogens with zero attached hydrogens (tertiary/aromatic N) is 2. The lowest BCUT2D eigenvalue weighted by molar-refractivity contribution is -0.144. The SMILES string of the molecule is CN1CCCN(C(=O)C[C@H](N)Cc2cc(F)c(F)cc2F)C(Cc2cc(C(F)(F)F)cc(C(F)(F)F)c2)C1=O. The minimum atomic E-state index is -5.10. The summed E-state index contributed by atoms with van der Waals surface area (Å²) in [5, 5.41) is 0. The van der Waals surface area contributed by atoms with Crippen LogP contribution < -0.4 is 5.73 Å². The van der Waals surface area contributed by atoms with Gasteiger partial charge in [-0.2, -0.15) is 26.3 Å². The van der Waals surface area contributed by atoms with Gasteiger partial charge < -0.3 is 15.5 Å². The van der Waals surface area contributed by atoms with Crippen molar-refractivity contribution in [2.75, 3.05) is 20.1 Å². The monoisotopic (exact) mass is 569 g/mol. The number of halogens is 9. The molecule has 0 aliphatic carbocycles. The summed E-state index contributed by atoms with van der Waals surface area (Å²) in [5.74, 6) is -5.30. The zero-order valence-corrected chi connectivity index (χ0v) is 20.5. The maximum Gasteiger partial charge on any atom is 0.416 e. The van der Waals surface area contributed by atoms with Gasteiger partial charge in [-0.3, -0.25) is 9.59 Å². The van der Waals surface area contributed by atoms with E-state index in [1.165, 1.54) is 11.9 Å². The Kier molecular flexibility index (Phi) is 8.88. The van der Waals surface area contributed by atoms with Crippen LogP contribution in [0.1, 0.15) is 35.1 Å². The third-order valence-electron chi connectivity index (χ3n) is 6.34. The van der Waals surface area contributed by atoms with Crippen LogP contribution in [0.2, 0.25) is 0 Å². The molecular weight excluding hydrogens is 545 g/mol. The molecule has 2 aromatic rings. The lowest BCUT2D eigenvalue weighted by atomic mass is 9.97. The average molecular weight is 569 g/mol. The first-order valence-corrected chi connectivity index (χ1v) is 11.7. The largest absolute Gasteiger partial charge is 0.416 e. The second kappa shape index (κ2) is 11.4. The fourth-order valence-electron chi connectivity index (χ4n) is 4.40. The molecule has 5 nitrogen and oxygen atoms in total. The molecule has 2 atom stereocenters. The van der Waals surface area contributed by atoms with Crippen LogP contribution in [-0.4, -0.2) is 53.8 Å². The van der Waals surface area contributed by atoms with E-state index >= 15 is 0 Å². The number of benzene rings is 2. The van der Waals surface area contributed by atoms with Crippen molar-refractivity contribution in [3.63, 3.8) is 0 Å². The van der Waals surface area contributed by atoms with Gasteiger partial charge >= 0.3 is 12.4 Å². The zero-order valence-electron chi connectivity index (χ0n) is 20.5. The molecule has 14 heteroatoms. The second-order valence-corrected chi connectivity index (χ2v) is 9.36. The number of carbonyl (C=O) groups is 2. The van der Waals surface area contributed by atoms with Crippen molar-refractivity contribution in [1.29, 1.82) is 0 Å². The Morgan fingerprint density at radius 2 is 1.49 bits per heavy atom. The zero-order chi connectivity index (χ0) is 29.3. The van der Waals surface area contributed by atoms with Crippen LogP contribution in [0.25, 0.3) is 0 Å². The second-order valence-electron chi connectivity index (χ2n) is 9.36. The van der Waals surface area contributed by atoms with Crippen molar-refractivity contribution in [1.82, 2.24) is 9.80 Å². The van der Waals surface area contributed by atoms with E-state index in [1.54, 1.807) is 0 Å². The predicted octanol–water partition coefficient (Wildman–Crippen LogP) is 4.70. The molecule has 1 fully saturated rings. The van der Waals surface area contributed by atoms with Gasteiger partial charge in [0.15, 0.2) is 11.6 Å². The smallest absolute Gasteiger partial charge is 0.344 e. The molecule has 1 saturated heterocycles. The van der Waals surface area contributed by atoms with E-state index in [1.807, 2.05) is 0 Å². The normalized spacial score (nSPS) is 17.8. The highest BCUT2D eigenvalue weighted by molar-refractivity contribution is 5.88. The standard InChI is InChI=1S/C25H24F9N3O2/c1-36-3-2-4-37(22(38)11-17(35)8-14-9-19(27)20(28)12-18(14)26)21(23(36)39)7-13-5-15(24(29,30)31)10-16(6-13)25(32,33)34/h5-6,9-10,12,17,21H,2-4,7-8,11,35H2,1H3/t17-,21?/m1/s1. The van der Waals surface area contributed by atoms with Gasteiger partial charge in [0.25, 0.3) is 0 Å². The number of amides is 2. The van der Waals surface area contributed by atoms with E-state index in [9.17, 15) is 49.1 Å². The number of alkyl halides is 6. The lowest BCUT2D eigenvalue weighted by Crippen LogP contribution is -2.50. The lowest BCUT2D eigenvalue weighted by Gasteiger charge is -2.31. The van der Waals surface area contributed by atoms with Crippen LogP contribution in [0.4, 0.5) is 39.5 Å². The molecule has 0 aromatic heterocycles. The Morgan fingerprint density at radius 1 is 0.923 bits per heavy atom. The number of carbonyl (C=O) groups excluding carboxylic acids is 2. The van der Waals surface area contributed by atoms with Crippen LogP contribution in [0, 0.1) is 17.5 Å². The first-order valence-electron chi connectivity index (χ1n) is 11.7. The minimum Gasteiger partial charge on any atom is -0.344 e. The predicted molar refractivity (Wildman–Crippen MR) is 121 cm³/mol. The highest BCUT2D eigenvalue weighted by Gasteiger charge is 2.39. The summed E-state index contributed by atoms with van der Waals surface area (Å²) < 4.78 is 121. The van der Waals surface area contributed by atoms with Gasteiger partial charge in [0.1, 0.15) is 11.9 Å². The third-order valence-corrected chi connectivity index (χ3v) is 6.34. The number of hydrogen-bond donors (Lipinski definition) is 1. The van der Waals surface area contributed by atoms with Gasteiger partial charge in [0, 0.05) is 45.1 Å². The molecule has 2 amide bonds. The van der Waals surface area contributed by atoms with Crippen LogP contribution >= 0.6 is 0 Å². The van der Waals surface area contributed by atoms with Gasteiger partial charge in [0.05, 0.1) is 11.1 Å². The Bertz CT molecular complexity index is 1200. The highest BCUT2D eigenvalue weighted by Crippen LogP contribution is 2.37. The molecule has 0 spiro atoms. The summed E-state index contributed by atoms with van der Waals surface area (Å²) >= 11 is 0. The maximum atomic E-state index is 14.0. The molecule has 0 radical (unpaired) electrons. The Labute approximate surface area is 217 Å². The van der Waals surface area contributed by atoms with Crippen LogP contribution in [0.5, 0.6) is 0 Å². The van der Waals surface area contributed by atoms with Gasteiger partial charge in [0.2, 0.25) is 11.8 Å². The third kappa shape index (κ3) is 7.43. The number of hydrogen-bond acceptors (Lipinski definition) is 3. The Hall–Kier alpha value is -3.29. The number of nitrogens with two attached hydrogens (primary N) is 1. The van der Waals surface area contributed by atoms with Crippen molar-refractivity contribution >= 4 is 11.8 Å². The van der Waals surface area contributed by atoms with E-state index in [0.717, 1.165) is 4.90 Å². The molecule has 1 aliphatic rings. The summed E-state index contributed by atoms with van der Waals surface area (Å²) in [5.41, 5.74) is 2.04. The molecule has 2 N–H and O–H groups in total. The van der Waals surface area contributed by atoms with Crippen molar-refractivity contribution in [2.45, 2.75) is 50.1 Å². The highest BCUT2D eigenvalue weighted by atomic mass is 19.4. The molecule has 0 bridgehead atoms. The summed E-state index contributed by atoms with van der Waals surface area (Å²) in [6.07, 6.45) is -11.5. The van der Waals surface area contributed by atoms with Crippen molar-refractivity contribution in [2.24, 2.45) is 5.73 Å². The summed E-state index contributed by atoms with van der Waals surface area (Å²) in [6, 6.07) is -0.706. The minimum absolute atomic E-state index is 0.0378. The van der Waals surface area contributed by atoms with E-state index in [0.29, 0.717) is 24.3 Å². The van der Waals surface area contributed by atoms with Crippen molar-refractivity contribution in [3.8, 4) is 0 Å². The molecule has 39 heavy (non-hydrogen) atoms. The van der Waals surface area contributed by atoms with Crippen LogP contribution in [-0.2, 0) is 34.8 Å². The summed E-state index contributed by atoms with van der Waals surface area (Å²) in [7, 11) is 1.38. The van der Waals surface area contributed by atoms with Gasteiger partial charge in [-0.25, -0.2) is 13.2 Å². The van der Waals surface area contributed by atoms with Crippen LogP contribution in [0.15, 0.2) is 30.3 Å². The first-order chi connectivity index (χ1) is 18.0. The molecule has 1 aliphatic heterocycles. The Morgan fingerprint density at radius 3 is 2.05 bits per heavy atom. The van der Waals surface area contributed by atoms with Gasteiger partial charge in [-0.05, 0) is 48.2 Å². The van der Waals surface area contributed by atoms with Gasteiger partial charge in [-0.15, -0.1) is 0 Å². The molecule has 1 unspecified atom stereocenters. The molecule has 3 rings (SSSR count). The summed E-state index contributed by atoms with van der Waals surface area (Å²) in [4.78, 5) is 28.4. The molecule has 2 aromatic carbocycles. The molecular formula is C25H24F9N3O2. The fourth-order valence-corrected chi connectivity index (χ4v) is 4.40. The van der Waals surface area contributed by atoms with Crippen molar-refractivity contribution in [3.05, 3.63) is 70.0 Å². The van der Waals surface area contributed by atoms with Crippen molar-refractivity contribution < 1.29 is 49.1 Å². The topological polar surface area (TPSA) is 66.6 Å². The van der Waals surface area contributed by atoms with E-state index in [2.05, 4.69) is 0 Å². The molecule has 214 valence electrons. The maximum absolute atomic E-state index is 14.0. The summed E-state index contributed by atoms with van der Waals surface area (Å²) in [6.45, 7) is 0.110.